The summed E-state index contributed by atoms with van der Waals surface area (Å²) in [6.07, 6.45) is 32.3. The van der Waals surface area contributed by atoms with Gasteiger partial charge >= 0.3 is 0 Å². The van der Waals surface area contributed by atoms with Gasteiger partial charge in [-0.2, -0.15) is 0 Å². The van der Waals surface area contributed by atoms with Gasteiger partial charge in [0.1, 0.15) is 0 Å². The van der Waals surface area contributed by atoms with Crippen molar-refractivity contribution in [3.8, 4) is 0 Å². The molecule has 0 aromatic rings. The van der Waals surface area contributed by atoms with Crippen LogP contribution in [0.2, 0.25) is 0 Å². The molecule has 0 radical (unpaired) electrons. The molecule has 12 rings (SSSR count). The summed E-state index contributed by atoms with van der Waals surface area (Å²) in [5.41, 5.74) is 0. The summed E-state index contributed by atoms with van der Waals surface area (Å²) in [7, 11) is 0. The van der Waals surface area contributed by atoms with Gasteiger partial charge in [0.25, 0.3) is 0 Å². The van der Waals surface area contributed by atoms with Gasteiger partial charge in [0.05, 0.1) is 0 Å². The Morgan fingerprint density at radius 2 is 0.729 bits per heavy atom. The fraction of sp³-hybridized carbons (Fsp3) is 1.00. The lowest BCUT2D eigenvalue weighted by Crippen LogP contribution is -2.59. The lowest BCUT2D eigenvalue weighted by atomic mass is 9.41. The smallest absolute Gasteiger partial charge is 0.00462 e. The standard InChI is InChI=1S/C46H72N2/c1-2-8-31-30(7-1)32-9-4-10-33-42(32)35(31)24-37-39(27-15-19-47-20-16-27)46-36-23-29-6-3-5-25-11-12-26-13-14-34(44(36)40(26)38(25)29)45(46)41(43(33)37)28-17-21-48-22-18-28/h25-48H,1-24H2. The highest BCUT2D eigenvalue weighted by Crippen LogP contribution is 2.77. The Kier molecular flexibility index (Phi) is 7.41. The van der Waals surface area contributed by atoms with Crippen LogP contribution in [-0.4, -0.2) is 26.2 Å². The van der Waals surface area contributed by atoms with Crippen molar-refractivity contribution in [1.82, 2.24) is 10.6 Å². The van der Waals surface area contributed by atoms with Crippen molar-refractivity contribution in [2.45, 2.75) is 128 Å². The molecular formula is C46H72N2. The summed E-state index contributed by atoms with van der Waals surface area (Å²) in [4.78, 5) is 0. The van der Waals surface area contributed by atoms with Crippen LogP contribution in [0.4, 0.5) is 0 Å². The highest BCUT2D eigenvalue weighted by atomic mass is 14.9. The van der Waals surface area contributed by atoms with Gasteiger partial charge in [0.15, 0.2) is 0 Å². The van der Waals surface area contributed by atoms with E-state index in [1.54, 1.807) is 103 Å². The van der Waals surface area contributed by atoms with Gasteiger partial charge in [-0.3, -0.25) is 0 Å². The molecule has 0 aromatic carbocycles. The fourth-order valence-corrected chi connectivity index (χ4v) is 20.8. The molecule has 2 heterocycles. The maximum absolute atomic E-state index is 3.90. The Labute approximate surface area is 294 Å². The van der Waals surface area contributed by atoms with Crippen molar-refractivity contribution in [2.24, 2.45) is 130 Å². The van der Waals surface area contributed by atoms with Gasteiger partial charge in [-0.25, -0.2) is 0 Å². The second-order valence-corrected chi connectivity index (χ2v) is 21.7. The number of rotatable bonds is 2. The van der Waals surface area contributed by atoms with Crippen LogP contribution < -0.4 is 10.6 Å². The van der Waals surface area contributed by atoms with E-state index in [4.69, 9.17) is 0 Å². The summed E-state index contributed by atoms with van der Waals surface area (Å²) < 4.78 is 0. The van der Waals surface area contributed by atoms with Gasteiger partial charge in [-0.05, 0) is 246 Å². The summed E-state index contributed by atoms with van der Waals surface area (Å²) in [5.74, 6) is 24.9. The van der Waals surface area contributed by atoms with Crippen molar-refractivity contribution in [1.29, 1.82) is 0 Å². The number of fused-ring (bicyclic) bond motifs is 8. The van der Waals surface area contributed by atoms with Gasteiger partial charge < -0.3 is 10.6 Å². The van der Waals surface area contributed by atoms with Crippen molar-refractivity contribution in [3.05, 3.63) is 0 Å². The minimum atomic E-state index is 1.05. The van der Waals surface area contributed by atoms with E-state index >= 15 is 0 Å². The predicted molar refractivity (Wildman–Crippen MR) is 195 cm³/mol. The second kappa shape index (κ2) is 11.7. The Bertz CT molecular complexity index is 1200. The summed E-state index contributed by atoms with van der Waals surface area (Å²) in [6, 6.07) is 0. The highest BCUT2D eigenvalue weighted by molar-refractivity contribution is 5.20. The minimum absolute atomic E-state index is 1.05. The normalized spacial score (nSPS) is 60.2. The molecule has 0 amide bonds. The minimum Gasteiger partial charge on any atom is -0.317 e. The number of hydrogen-bond donors (Lipinski definition) is 2. The molecule has 10 saturated carbocycles. The third-order valence-corrected chi connectivity index (χ3v) is 21.2. The van der Waals surface area contributed by atoms with Crippen molar-refractivity contribution >= 4 is 0 Å². The third-order valence-electron chi connectivity index (χ3n) is 21.2. The largest absolute Gasteiger partial charge is 0.317 e. The van der Waals surface area contributed by atoms with Crippen LogP contribution in [-0.2, 0) is 0 Å². The first-order valence-electron chi connectivity index (χ1n) is 23.3. The first kappa shape index (κ1) is 30.4. The zero-order valence-electron chi connectivity index (χ0n) is 30.7. The van der Waals surface area contributed by atoms with E-state index in [-0.39, 0.29) is 0 Å². The van der Waals surface area contributed by atoms with Gasteiger partial charge in [-0.15, -0.1) is 0 Å². The lowest BCUT2D eigenvalue weighted by molar-refractivity contribution is -0.161. The molecule has 12 aliphatic rings. The summed E-state index contributed by atoms with van der Waals surface area (Å²) in [6.45, 7) is 5.35. The third kappa shape index (κ3) is 4.18. The molecule has 2 heteroatoms. The first-order valence-corrected chi connectivity index (χ1v) is 23.3. The second-order valence-electron chi connectivity index (χ2n) is 21.7. The Balaban J connectivity index is 1.02. The van der Waals surface area contributed by atoms with Crippen molar-refractivity contribution < 1.29 is 0 Å². The molecule has 20 unspecified atom stereocenters. The molecule has 266 valence electrons. The SMILES string of the molecule is C1CC2CCC3CCC4C5C(CC(C1)C2C35)C1C(C2CCNCC2)C2CC3C5CCCCC5C5CCCC(C53)C2C(C2CCNCC2)C41. The van der Waals surface area contributed by atoms with E-state index in [0.29, 0.717) is 0 Å². The molecule has 0 bridgehead atoms. The number of nitrogens with one attached hydrogen (secondary N) is 2. The maximum Gasteiger partial charge on any atom is -0.00462 e. The van der Waals surface area contributed by atoms with E-state index in [1.165, 1.54) is 63.7 Å². The molecule has 48 heavy (non-hydrogen) atoms. The molecule has 2 aliphatic heterocycles. The summed E-state index contributed by atoms with van der Waals surface area (Å²) in [5, 5.41) is 7.80. The van der Waals surface area contributed by atoms with E-state index in [0.717, 1.165) is 118 Å². The molecule has 10 aliphatic carbocycles. The monoisotopic (exact) mass is 653 g/mol. The topological polar surface area (TPSA) is 24.1 Å². The Morgan fingerprint density at radius 3 is 1.50 bits per heavy atom. The van der Waals surface area contributed by atoms with Crippen molar-refractivity contribution in [2.75, 3.05) is 26.2 Å². The molecule has 0 aromatic heterocycles. The van der Waals surface area contributed by atoms with Crippen LogP contribution in [0.3, 0.4) is 0 Å². The van der Waals surface area contributed by atoms with Crippen LogP contribution in [0.5, 0.6) is 0 Å². The van der Waals surface area contributed by atoms with Crippen LogP contribution in [0.1, 0.15) is 128 Å². The van der Waals surface area contributed by atoms with Crippen molar-refractivity contribution in [3.63, 3.8) is 0 Å². The van der Waals surface area contributed by atoms with Crippen LogP contribution >= 0.6 is 0 Å². The predicted octanol–water partition coefficient (Wildman–Crippen LogP) is 9.69. The van der Waals surface area contributed by atoms with E-state index < -0.39 is 0 Å². The molecule has 2 saturated heterocycles. The van der Waals surface area contributed by atoms with E-state index in [2.05, 4.69) is 10.6 Å². The molecule has 20 atom stereocenters. The zero-order valence-corrected chi connectivity index (χ0v) is 30.7. The Hall–Kier alpha value is -0.0800. The molecule has 0 spiro atoms. The van der Waals surface area contributed by atoms with Gasteiger partial charge in [0.2, 0.25) is 0 Å². The van der Waals surface area contributed by atoms with Crippen LogP contribution in [0.25, 0.3) is 0 Å². The average molecular weight is 653 g/mol. The molecule has 12 fully saturated rings. The Morgan fingerprint density at radius 1 is 0.229 bits per heavy atom. The fourth-order valence-electron chi connectivity index (χ4n) is 20.8. The molecule has 2 nitrogen and oxygen atoms in total. The number of piperidine rings is 2. The first-order chi connectivity index (χ1) is 23.8. The van der Waals surface area contributed by atoms with Crippen LogP contribution in [0.15, 0.2) is 0 Å². The van der Waals surface area contributed by atoms with Crippen LogP contribution in [0, 0.1) is 130 Å². The number of hydrogen-bond acceptors (Lipinski definition) is 2. The molecular weight excluding hydrogens is 581 g/mol. The van der Waals surface area contributed by atoms with E-state index in [9.17, 15) is 0 Å². The van der Waals surface area contributed by atoms with Gasteiger partial charge in [0, 0.05) is 0 Å². The molecule has 2 N–H and O–H groups in total. The van der Waals surface area contributed by atoms with E-state index in [1.807, 2.05) is 0 Å². The van der Waals surface area contributed by atoms with Gasteiger partial charge in [-0.1, -0.05) is 38.5 Å². The summed E-state index contributed by atoms with van der Waals surface area (Å²) >= 11 is 0. The zero-order chi connectivity index (χ0) is 31.1. The quantitative estimate of drug-likeness (QED) is 0.310. The maximum atomic E-state index is 3.90. The lowest BCUT2D eigenvalue weighted by Gasteiger charge is -2.64. The highest BCUT2D eigenvalue weighted by Gasteiger charge is 2.72. The average Bonchev–Trinajstić information content (AvgIpc) is 3.65.